The molecule has 0 fully saturated rings. The molecular weight excluding hydrogens is 289 g/mol. The Morgan fingerprint density at radius 2 is 2.10 bits per heavy atom. The molecule has 2 aromatic rings. The van der Waals surface area contributed by atoms with Gasteiger partial charge >= 0.3 is 0 Å². The van der Waals surface area contributed by atoms with Gasteiger partial charge in [0.1, 0.15) is 5.82 Å². The summed E-state index contributed by atoms with van der Waals surface area (Å²) in [6.45, 7) is 2.85. The first-order chi connectivity index (χ1) is 10.2. The molecule has 1 aromatic heterocycles. The number of ether oxygens (including phenoxy) is 1. The normalized spacial score (nSPS) is 14.0. The average molecular weight is 309 g/mol. The summed E-state index contributed by atoms with van der Waals surface area (Å²) in [6, 6.07) is 10.8. The molecule has 0 saturated carbocycles. The van der Waals surface area contributed by atoms with Crippen molar-refractivity contribution in [3.8, 4) is 0 Å². The first kappa shape index (κ1) is 16.1. The van der Waals surface area contributed by atoms with Crippen LogP contribution in [0.4, 0.5) is 4.39 Å². The van der Waals surface area contributed by atoms with E-state index >= 15 is 0 Å². The second-order valence-corrected chi connectivity index (χ2v) is 5.88. The van der Waals surface area contributed by atoms with Crippen molar-refractivity contribution in [3.05, 3.63) is 58.0 Å². The molecule has 3 nitrogen and oxygen atoms in total. The van der Waals surface area contributed by atoms with Crippen LogP contribution in [-0.4, -0.2) is 24.4 Å². The van der Waals surface area contributed by atoms with Gasteiger partial charge in [-0.25, -0.2) is 4.39 Å². The van der Waals surface area contributed by atoms with Gasteiger partial charge in [0.25, 0.3) is 0 Å². The lowest BCUT2D eigenvalue weighted by molar-refractivity contribution is 0.0269. The zero-order valence-electron chi connectivity index (χ0n) is 12.0. The lowest BCUT2D eigenvalue weighted by atomic mass is 10.2. The van der Waals surface area contributed by atoms with Gasteiger partial charge in [0.05, 0.1) is 19.3 Å². The van der Waals surface area contributed by atoms with E-state index in [1.54, 1.807) is 29.5 Å². The van der Waals surface area contributed by atoms with Gasteiger partial charge in [0.2, 0.25) is 0 Å². The summed E-state index contributed by atoms with van der Waals surface area (Å²) >= 11 is 1.68. The molecule has 0 aliphatic carbocycles. The highest BCUT2D eigenvalue weighted by atomic mass is 32.1. The fourth-order valence-electron chi connectivity index (χ4n) is 1.93. The molecule has 0 amide bonds. The Morgan fingerprint density at radius 3 is 2.81 bits per heavy atom. The van der Waals surface area contributed by atoms with Crippen molar-refractivity contribution in [1.29, 1.82) is 0 Å². The summed E-state index contributed by atoms with van der Waals surface area (Å²) < 4.78 is 18.7. The Morgan fingerprint density at radius 1 is 1.29 bits per heavy atom. The van der Waals surface area contributed by atoms with Crippen LogP contribution >= 0.6 is 11.3 Å². The Hall–Kier alpha value is -1.27. The van der Waals surface area contributed by atoms with E-state index in [-0.39, 0.29) is 25.1 Å². The minimum absolute atomic E-state index is 0.171. The van der Waals surface area contributed by atoms with E-state index in [9.17, 15) is 9.50 Å². The third-order valence-electron chi connectivity index (χ3n) is 3.16. The molecule has 2 N–H and O–H groups in total. The highest BCUT2D eigenvalue weighted by molar-refractivity contribution is 7.10. The van der Waals surface area contributed by atoms with Crippen LogP contribution in [0.1, 0.15) is 23.4 Å². The molecule has 114 valence electrons. The van der Waals surface area contributed by atoms with Crippen molar-refractivity contribution in [3.63, 3.8) is 0 Å². The highest BCUT2D eigenvalue weighted by Crippen LogP contribution is 2.17. The molecule has 5 heteroatoms. The second kappa shape index (κ2) is 8.24. The number of hydrogen-bond acceptors (Lipinski definition) is 4. The Balaban J connectivity index is 1.66. The maximum absolute atomic E-state index is 13.4. The monoisotopic (exact) mass is 309 g/mol. The molecule has 1 aromatic carbocycles. The second-order valence-electron chi connectivity index (χ2n) is 4.91. The molecule has 0 spiro atoms. The quantitative estimate of drug-likeness (QED) is 0.787. The summed E-state index contributed by atoms with van der Waals surface area (Å²) in [6.07, 6.45) is -0.612. The molecular formula is C16H20FNO2S. The van der Waals surface area contributed by atoms with E-state index in [1.165, 1.54) is 10.9 Å². The van der Waals surface area contributed by atoms with Crippen LogP contribution in [0.2, 0.25) is 0 Å². The summed E-state index contributed by atoms with van der Waals surface area (Å²) in [7, 11) is 0. The molecule has 2 atom stereocenters. The molecule has 1 heterocycles. The number of benzene rings is 1. The van der Waals surface area contributed by atoms with Crippen LogP contribution < -0.4 is 5.32 Å². The van der Waals surface area contributed by atoms with Gasteiger partial charge in [-0.15, -0.1) is 11.3 Å². The van der Waals surface area contributed by atoms with Gasteiger partial charge in [-0.2, -0.15) is 0 Å². The van der Waals surface area contributed by atoms with Crippen molar-refractivity contribution < 1.29 is 14.2 Å². The fourth-order valence-corrected chi connectivity index (χ4v) is 2.69. The minimum atomic E-state index is -0.612. The smallest absolute Gasteiger partial charge is 0.128 e. The summed E-state index contributed by atoms with van der Waals surface area (Å²) in [5.74, 6) is -0.281. The molecule has 0 radical (unpaired) electrons. The number of halogens is 1. The van der Waals surface area contributed by atoms with E-state index in [1.807, 2.05) is 11.4 Å². The van der Waals surface area contributed by atoms with Crippen molar-refractivity contribution in [2.45, 2.75) is 25.7 Å². The maximum Gasteiger partial charge on any atom is 0.128 e. The summed E-state index contributed by atoms with van der Waals surface area (Å²) in [5.41, 5.74) is 0.504. The molecule has 2 rings (SSSR count). The number of thiophene rings is 1. The third kappa shape index (κ3) is 5.21. The largest absolute Gasteiger partial charge is 0.389 e. The first-order valence-electron chi connectivity index (χ1n) is 6.93. The SMILES string of the molecule is C[C@H](NCC(O)COCc1ccccc1F)c1cccs1. The van der Waals surface area contributed by atoms with Gasteiger partial charge in [0, 0.05) is 23.0 Å². The van der Waals surface area contributed by atoms with Gasteiger partial charge < -0.3 is 15.2 Å². The molecule has 21 heavy (non-hydrogen) atoms. The molecule has 0 saturated heterocycles. The van der Waals surface area contributed by atoms with Crippen molar-refractivity contribution in [2.75, 3.05) is 13.2 Å². The lowest BCUT2D eigenvalue weighted by Gasteiger charge is -2.16. The Kier molecular flexibility index (Phi) is 6.32. The fraction of sp³-hybridized carbons (Fsp3) is 0.375. The van der Waals surface area contributed by atoms with Gasteiger partial charge in [-0.1, -0.05) is 24.3 Å². The van der Waals surface area contributed by atoms with Gasteiger partial charge in [-0.3, -0.25) is 0 Å². The number of aliphatic hydroxyl groups excluding tert-OH is 1. The predicted octanol–water partition coefficient (Wildman–Crippen LogP) is 3.12. The minimum Gasteiger partial charge on any atom is -0.389 e. The van der Waals surface area contributed by atoms with Gasteiger partial charge in [0.15, 0.2) is 0 Å². The predicted molar refractivity (Wildman–Crippen MR) is 82.8 cm³/mol. The van der Waals surface area contributed by atoms with E-state index < -0.39 is 6.10 Å². The van der Waals surface area contributed by atoms with Crippen LogP contribution in [-0.2, 0) is 11.3 Å². The molecule has 1 unspecified atom stereocenters. The number of hydrogen-bond donors (Lipinski definition) is 2. The van der Waals surface area contributed by atoms with Crippen molar-refractivity contribution in [1.82, 2.24) is 5.32 Å². The van der Waals surface area contributed by atoms with Gasteiger partial charge in [-0.05, 0) is 24.4 Å². The van der Waals surface area contributed by atoms with Crippen LogP contribution in [0.25, 0.3) is 0 Å². The average Bonchev–Trinajstić information content (AvgIpc) is 3.01. The van der Waals surface area contributed by atoms with Crippen molar-refractivity contribution >= 4 is 11.3 Å². The zero-order chi connectivity index (χ0) is 15.1. The van der Waals surface area contributed by atoms with Crippen LogP contribution in [0, 0.1) is 5.82 Å². The number of aliphatic hydroxyl groups is 1. The number of nitrogens with one attached hydrogen (secondary N) is 1. The lowest BCUT2D eigenvalue weighted by Crippen LogP contribution is -2.31. The maximum atomic E-state index is 13.4. The molecule has 0 aliphatic heterocycles. The highest BCUT2D eigenvalue weighted by Gasteiger charge is 2.10. The Bertz CT molecular complexity index is 533. The van der Waals surface area contributed by atoms with Crippen LogP contribution in [0.5, 0.6) is 0 Å². The summed E-state index contributed by atoms with van der Waals surface area (Å²) in [4.78, 5) is 1.23. The molecule has 0 bridgehead atoms. The third-order valence-corrected chi connectivity index (χ3v) is 4.21. The topological polar surface area (TPSA) is 41.5 Å². The van der Waals surface area contributed by atoms with E-state index in [0.29, 0.717) is 12.1 Å². The van der Waals surface area contributed by atoms with Crippen molar-refractivity contribution in [2.24, 2.45) is 0 Å². The Labute approximate surface area is 128 Å². The first-order valence-corrected chi connectivity index (χ1v) is 7.81. The van der Waals surface area contributed by atoms with E-state index in [2.05, 4.69) is 18.3 Å². The number of rotatable bonds is 8. The molecule has 0 aliphatic rings. The van der Waals surface area contributed by atoms with Crippen LogP contribution in [0.15, 0.2) is 41.8 Å². The summed E-state index contributed by atoms with van der Waals surface area (Å²) in [5, 5.41) is 15.1. The van der Waals surface area contributed by atoms with E-state index in [0.717, 1.165) is 0 Å². The zero-order valence-corrected chi connectivity index (χ0v) is 12.8. The van der Waals surface area contributed by atoms with E-state index in [4.69, 9.17) is 4.74 Å². The van der Waals surface area contributed by atoms with Crippen LogP contribution in [0.3, 0.4) is 0 Å². The standard InChI is InChI=1S/C16H20FNO2S/c1-12(16-7-4-8-21-16)18-9-14(19)11-20-10-13-5-2-3-6-15(13)17/h2-8,12,14,18-19H,9-11H2,1H3/t12-,14?/m0/s1.